The van der Waals surface area contributed by atoms with Crippen LogP contribution in [0.5, 0.6) is 0 Å². The molecule has 2 heteroatoms. The molecule has 3 unspecified atom stereocenters. The van der Waals surface area contributed by atoms with Gasteiger partial charge in [-0.2, -0.15) is 0 Å². The Balaban J connectivity index is 1.89. The van der Waals surface area contributed by atoms with Crippen LogP contribution in [0.15, 0.2) is 0 Å². The summed E-state index contributed by atoms with van der Waals surface area (Å²) in [6, 6.07) is 0.759. The fourth-order valence-electron chi connectivity index (χ4n) is 3.11. The molecule has 2 aliphatic heterocycles. The molecule has 2 nitrogen and oxygen atoms in total. The SMILES string of the molecule is CC1CNC(C2CCOCC2)C(C)C1. The summed E-state index contributed by atoms with van der Waals surface area (Å²) in [4.78, 5) is 0. The van der Waals surface area contributed by atoms with Gasteiger partial charge in [-0.15, -0.1) is 0 Å². The van der Waals surface area contributed by atoms with Gasteiger partial charge in [0, 0.05) is 19.3 Å². The molecule has 0 aromatic carbocycles. The molecule has 3 atom stereocenters. The number of rotatable bonds is 1. The predicted octanol–water partition coefficient (Wildman–Crippen LogP) is 2.05. The Labute approximate surface area is 87.4 Å². The van der Waals surface area contributed by atoms with E-state index < -0.39 is 0 Å². The van der Waals surface area contributed by atoms with Crippen LogP contribution < -0.4 is 5.32 Å². The Kier molecular flexibility index (Phi) is 3.45. The van der Waals surface area contributed by atoms with Crippen molar-refractivity contribution in [1.82, 2.24) is 5.32 Å². The van der Waals surface area contributed by atoms with Gasteiger partial charge in [0.1, 0.15) is 0 Å². The van der Waals surface area contributed by atoms with Crippen molar-refractivity contribution in [2.24, 2.45) is 17.8 Å². The fourth-order valence-corrected chi connectivity index (χ4v) is 3.11. The molecule has 0 aliphatic carbocycles. The molecule has 0 spiro atoms. The van der Waals surface area contributed by atoms with E-state index in [0.29, 0.717) is 0 Å². The van der Waals surface area contributed by atoms with Gasteiger partial charge in [-0.1, -0.05) is 13.8 Å². The largest absolute Gasteiger partial charge is 0.381 e. The highest BCUT2D eigenvalue weighted by Crippen LogP contribution is 2.29. The average molecular weight is 197 g/mol. The molecule has 2 saturated heterocycles. The Bertz CT molecular complexity index is 177. The smallest absolute Gasteiger partial charge is 0.0469 e. The van der Waals surface area contributed by atoms with E-state index in [0.717, 1.165) is 37.0 Å². The highest BCUT2D eigenvalue weighted by atomic mass is 16.5. The lowest BCUT2D eigenvalue weighted by Crippen LogP contribution is -2.49. The summed E-state index contributed by atoms with van der Waals surface area (Å²) in [6.45, 7) is 7.93. The minimum absolute atomic E-state index is 0.759. The maximum Gasteiger partial charge on any atom is 0.0469 e. The lowest BCUT2D eigenvalue weighted by molar-refractivity contribution is 0.0372. The lowest BCUT2D eigenvalue weighted by Gasteiger charge is -2.40. The molecular formula is C12H23NO. The first-order valence-electron chi connectivity index (χ1n) is 6.08. The maximum atomic E-state index is 5.42. The lowest BCUT2D eigenvalue weighted by atomic mass is 9.78. The summed E-state index contributed by atoms with van der Waals surface area (Å²) in [7, 11) is 0. The third kappa shape index (κ3) is 2.29. The first-order valence-corrected chi connectivity index (χ1v) is 6.08. The van der Waals surface area contributed by atoms with Crippen molar-refractivity contribution in [3.05, 3.63) is 0 Å². The van der Waals surface area contributed by atoms with Gasteiger partial charge in [0.05, 0.1) is 0 Å². The van der Waals surface area contributed by atoms with Crippen LogP contribution in [0.4, 0.5) is 0 Å². The van der Waals surface area contributed by atoms with Crippen molar-refractivity contribution in [3.8, 4) is 0 Å². The normalized spacial score (nSPS) is 41.1. The van der Waals surface area contributed by atoms with E-state index in [2.05, 4.69) is 19.2 Å². The number of ether oxygens (including phenoxy) is 1. The number of hydrogen-bond acceptors (Lipinski definition) is 2. The van der Waals surface area contributed by atoms with E-state index in [4.69, 9.17) is 4.74 Å². The van der Waals surface area contributed by atoms with Gasteiger partial charge in [0.15, 0.2) is 0 Å². The summed E-state index contributed by atoms with van der Waals surface area (Å²) in [5.41, 5.74) is 0. The van der Waals surface area contributed by atoms with Crippen LogP contribution in [0.3, 0.4) is 0 Å². The Morgan fingerprint density at radius 3 is 2.50 bits per heavy atom. The van der Waals surface area contributed by atoms with Crippen molar-refractivity contribution in [2.75, 3.05) is 19.8 Å². The number of hydrogen-bond donors (Lipinski definition) is 1. The molecule has 0 amide bonds. The summed E-state index contributed by atoms with van der Waals surface area (Å²) >= 11 is 0. The van der Waals surface area contributed by atoms with E-state index in [1.54, 1.807) is 0 Å². The van der Waals surface area contributed by atoms with E-state index in [1.807, 2.05) is 0 Å². The van der Waals surface area contributed by atoms with Crippen molar-refractivity contribution in [1.29, 1.82) is 0 Å². The summed E-state index contributed by atoms with van der Waals surface area (Å²) in [5, 5.41) is 3.73. The molecule has 2 rings (SSSR count). The summed E-state index contributed by atoms with van der Waals surface area (Å²) in [6.07, 6.45) is 3.92. The van der Waals surface area contributed by atoms with Crippen LogP contribution in [0, 0.1) is 17.8 Å². The van der Waals surface area contributed by atoms with Gasteiger partial charge in [-0.25, -0.2) is 0 Å². The molecule has 0 bridgehead atoms. The van der Waals surface area contributed by atoms with E-state index >= 15 is 0 Å². The van der Waals surface area contributed by atoms with E-state index in [1.165, 1.54) is 25.8 Å². The summed E-state index contributed by atoms with van der Waals surface area (Å²) in [5.74, 6) is 2.58. The molecule has 2 heterocycles. The third-order valence-corrected chi connectivity index (χ3v) is 3.86. The molecule has 2 fully saturated rings. The van der Waals surface area contributed by atoms with Gasteiger partial charge in [-0.05, 0) is 43.6 Å². The molecule has 0 radical (unpaired) electrons. The van der Waals surface area contributed by atoms with Crippen LogP contribution in [0.1, 0.15) is 33.1 Å². The Morgan fingerprint density at radius 1 is 1.14 bits per heavy atom. The summed E-state index contributed by atoms with van der Waals surface area (Å²) < 4.78 is 5.42. The monoisotopic (exact) mass is 197 g/mol. The Hall–Kier alpha value is -0.0800. The quantitative estimate of drug-likeness (QED) is 0.694. The second-order valence-electron chi connectivity index (χ2n) is 5.20. The molecule has 2 aliphatic rings. The molecule has 0 aromatic heterocycles. The van der Waals surface area contributed by atoms with Gasteiger partial charge in [-0.3, -0.25) is 0 Å². The molecule has 0 aromatic rings. The second kappa shape index (κ2) is 4.63. The molecule has 82 valence electrons. The first kappa shape index (κ1) is 10.4. The molecule has 14 heavy (non-hydrogen) atoms. The van der Waals surface area contributed by atoms with Crippen LogP contribution >= 0.6 is 0 Å². The number of nitrogens with one attached hydrogen (secondary N) is 1. The standard InChI is InChI=1S/C12H23NO/c1-9-7-10(2)12(13-8-9)11-3-5-14-6-4-11/h9-13H,3-8H2,1-2H3. The zero-order chi connectivity index (χ0) is 9.97. The van der Waals surface area contributed by atoms with Gasteiger partial charge < -0.3 is 10.1 Å². The van der Waals surface area contributed by atoms with Crippen LogP contribution in [-0.2, 0) is 4.74 Å². The Morgan fingerprint density at radius 2 is 1.86 bits per heavy atom. The van der Waals surface area contributed by atoms with Crippen molar-refractivity contribution >= 4 is 0 Å². The van der Waals surface area contributed by atoms with Crippen molar-refractivity contribution in [3.63, 3.8) is 0 Å². The van der Waals surface area contributed by atoms with Crippen LogP contribution in [0.25, 0.3) is 0 Å². The average Bonchev–Trinajstić information content (AvgIpc) is 2.19. The molecule has 0 saturated carbocycles. The maximum absolute atomic E-state index is 5.42. The van der Waals surface area contributed by atoms with Crippen molar-refractivity contribution < 1.29 is 4.74 Å². The van der Waals surface area contributed by atoms with Crippen LogP contribution in [-0.4, -0.2) is 25.8 Å². The minimum atomic E-state index is 0.759. The van der Waals surface area contributed by atoms with E-state index in [-0.39, 0.29) is 0 Å². The third-order valence-electron chi connectivity index (χ3n) is 3.86. The zero-order valence-electron chi connectivity index (χ0n) is 9.46. The van der Waals surface area contributed by atoms with E-state index in [9.17, 15) is 0 Å². The highest BCUT2D eigenvalue weighted by Gasteiger charge is 2.31. The second-order valence-corrected chi connectivity index (χ2v) is 5.20. The zero-order valence-corrected chi connectivity index (χ0v) is 9.46. The first-order chi connectivity index (χ1) is 6.77. The molecular weight excluding hydrogens is 174 g/mol. The van der Waals surface area contributed by atoms with Gasteiger partial charge >= 0.3 is 0 Å². The topological polar surface area (TPSA) is 21.3 Å². The minimum Gasteiger partial charge on any atom is -0.381 e. The van der Waals surface area contributed by atoms with Crippen molar-refractivity contribution in [2.45, 2.75) is 39.2 Å². The van der Waals surface area contributed by atoms with Gasteiger partial charge in [0.2, 0.25) is 0 Å². The fraction of sp³-hybridized carbons (Fsp3) is 1.00. The van der Waals surface area contributed by atoms with Crippen LogP contribution in [0.2, 0.25) is 0 Å². The number of piperidine rings is 1. The predicted molar refractivity (Wildman–Crippen MR) is 58.3 cm³/mol. The van der Waals surface area contributed by atoms with Gasteiger partial charge in [0.25, 0.3) is 0 Å². The molecule has 1 N–H and O–H groups in total. The highest BCUT2D eigenvalue weighted by molar-refractivity contribution is 4.87.